The van der Waals surface area contributed by atoms with Gasteiger partial charge in [0.25, 0.3) is 5.91 Å². The lowest BCUT2D eigenvalue weighted by atomic mass is 10.2. The SMILES string of the molecule is CC(c1cnccn1)N1CCCN(c2ncccc2C(N)=O)CC1. The quantitative estimate of drug-likeness (QED) is 0.909. The Kier molecular flexibility index (Phi) is 5.00. The van der Waals surface area contributed by atoms with E-state index in [1.165, 1.54) is 0 Å². The Morgan fingerprint density at radius 2 is 2.04 bits per heavy atom. The fraction of sp³-hybridized carbons (Fsp3) is 0.412. The predicted molar refractivity (Wildman–Crippen MR) is 91.6 cm³/mol. The van der Waals surface area contributed by atoms with E-state index in [1.54, 1.807) is 30.7 Å². The van der Waals surface area contributed by atoms with Crippen LogP contribution in [0.15, 0.2) is 36.9 Å². The second-order valence-electron chi connectivity index (χ2n) is 5.92. The first-order valence-corrected chi connectivity index (χ1v) is 8.16. The molecule has 1 aliphatic rings. The Labute approximate surface area is 141 Å². The van der Waals surface area contributed by atoms with E-state index >= 15 is 0 Å². The Morgan fingerprint density at radius 3 is 2.79 bits per heavy atom. The molecule has 2 aromatic rings. The lowest BCUT2D eigenvalue weighted by Crippen LogP contribution is -2.34. The van der Waals surface area contributed by atoms with Crippen molar-refractivity contribution in [2.24, 2.45) is 5.73 Å². The summed E-state index contributed by atoms with van der Waals surface area (Å²) in [7, 11) is 0. The highest BCUT2D eigenvalue weighted by molar-refractivity contribution is 5.97. The van der Waals surface area contributed by atoms with Gasteiger partial charge in [-0.25, -0.2) is 4.98 Å². The molecular weight excluding hydrogens is 304 g/mol. The van der Waals surface area contributed by atoms with Crippen LogP contribution in [0.25, 0.3) is 0 Å². The maximum absolute atomic E-state index is 11.6. The molecule has 1 saturated heterocycles. The molecule has 126 valence electrons. The van der Waals surface area contributed by atoms with Gasteiger partial charge >= 0.3 is 0 Å². The molecular formula is C17H22N6O. The highest BCUT2D eigenvalue weighted by atomic mass is 16.1. The minimum absolute atomic E-state index is 0.206. The lowest BCUT2D eigenvalue weighted by Gasteiger charge is -2.27. The Balaban J connectivity index is 1.73. The topological polar surface area (TPSA) is 88.2 Å². The molecule has 1 atom stereocenters. The first-order chi connectivity index (χ1) is 11.7. The summed E-state index contributed by atoms with van der Waals surface area (Å²) in [6, 6.07) is 3.68. The summed E-state index contributed by atoms with van der Waals surface area (Å²) in [4.78, 5) is 29.1. The molecule has 0 radical (unpaired) electrons. The van der Waals surface area contributed by atoms with Crippen LogP contribution in [0.5, 0.6) is 0 Å². The van der Waals surface area contributed by atoms with E-state index in [2.05, 4.69) is 31.7 Å². The molecule has 3 rings (SSSR count). The monoisotopic (exact) mass is 326 g/mol. The van der Waals surface area contributed by atoms with Crippen LogP contribution in [0.4, 0.5) is 5.82 Å². The molecule has 2 N–H and O–H groups in total. The molecule has 0 aromatic carbocycles. The zero-order valence-electron chi connectivity index (χ0n) is 13.8. The molecule has 0 spiro atoms. The van der Waals surface area contributed by atoms with Crippen LogP contribution in [-0.4, -0.2) is 51.9 Å². The first kappa shape index (κ1) is 16.3. The highest BCUT2D eigenvalue weighted by Gasteiger charge is 2.23. The first-order valence-electron chi connectivity index (χ1n) is 8.16. The Morgan fingerprint density at radius 1 is 1.17 bits per heavy atom. The normalized spacial score (nSPS) is 17.3. The van der Waals surface area contributed by atoms with E-state index in [0.717, 1.165) is 38.3 Å². The zero-order chi connectivity index (χ0) is 16.9. The van der Waals surface area contributed by atoms with E-state index in [1.807, 2.05) is 6.20 Å². The minimum atomic E-state index is -0.438. The number of nitrogens with two attached hydrogens (primary N) is 1. The number of aromatic nitrogens is 3. The van der Waals surface area contributed by atoms with E-state index in [4.69, 9.17) is 5.73 Å². The van der Waals surface area contributed by atoms with Gasteiger partial charge in [0.1, 0.15) is 5.82 Å². The third kappa shape index (κ3) is 3.51. The molecule has 7 nitrogen and oxygen atoms in total. The van der Waals surface area contributed by atoms with Crippen molar-refractivity contribution in [3.05, 3.63) is 48.2 Å². The van der Waals surface area contributed by atoms with Crippen LogP contribution in [-0.2, 0) is 0 Å². The Bertz CT molecular complexity index is 692. The van der Waals surface area contributed by atoms with Crippen molar-refractivity contribution >= 4 is 11.7 Å². The third-order valence-electron chi connectivity index (χ3n) is 4.44. The predicted octanol–water partition coefficient (Wildman–Crippen LogP) is 1.24. The van der Waals surface area contributed by atoms with Gasteiger partial charge in [0.2, 0.25) is 0 Å². The van der Waals surface area contributed by atoms with E-state index in [-0.39, 0.29) is 6.04 Å². The molecule has 1 amide bonds. The van der Waals surface area contributed by atoms with Crippen LogP contribution in [0.2, 0.25) is 0 Å². The average molecular weight is 326 g/mol. The summed E-state index contributed by atoms with van der Waals surface area (Å²) in [5.41, 5.74) is 6.93. The van der Waals surface area contributed by atoms with Gasteiger partial charge < -0.3 is 10.6 Å². The maximum atomic E-state index is 11.6. The van der Waals surface area contributed by atoms with Crippen LogP contribution in [0.1, 0.15) is 35.4 Å². The number of primary amides is 1. The van der Waals surface area contributed by atoms with Gasteiger partial charge in [-0.1, -0.05) is 0 Å². The molecule has 0 aliphatic carbocycles. The number of anilines is 1. The third-order valence-corrected chi connectivity index (χ3v) is 4.44. The zero-order valence-corrected chi connectivity index (χ0v) is 13.8. The number of carbonyl (C=O) groups excluding carboxylic acids is 1. The van der Waals surface area contributed by atoms with Crippen molar-refractivity contribution < 1.29 is 4.79 Å². The maximum Gasteiger partial charge on any atom is 0.252 e. The van der Waals surface area contributed by atoms with Gasteiger partial charge in [0, 0.05) is 51.0 Å². The molecule has 1 unspecified atom stereocenters. The van der Waals surface area contributed by atoms with Crippen LogP contribution >= 0.6 is 0 Å². The summed E-state index contributed by atoms with van der Waals surface area (Å²) < 4.78 is 0. The lowest BCUT2D eigenvalue weighted by molar-refractivity contribution is 0.100. The van der Waals surface area contributed by atoms with Crippen molar-refractivity contribution in [3.63, 3.8) is 0 Å². The fourth-order valence-electron chi connectivity index (χ4n) is 3.09. The van der Waals surface area contributed by atoms with E-state index < -0.39 is 5.91 Å². The van der Waals surface area contributed by atoms with Gasteiger partial charge in [0.15, 0.2) is 0 Å². The van der Waals surface area contributed by atoms with Crippen molar-refractivity contribution in [1.82, 2.24) is 19.9 Å². The summed E-state index contributed by atoms with van der Waals surface area (Å²) in [5, 5.41) is 0. The van der Waals surface area contributed by atoms with Gasteiger partial charge in [-0.2, -0.15) is 0 Å². The van der Waals surface area contributed by atoms with Crippen LogP contribution < -0.4 is 10.6 Å². The molecule has 24 heavy (non-hydrogen) atoms. The second-order valence-corrected chi connectivity index (χ2v) is 5.92. The molecule has 0 bridgehead atoms. The Hall–Kier alpha value is -2.54. The number of hydrogen-bond acceptors (Lipinski definition) is 6. The molecule has 1 aliphatic heterocycles. The van der Waals surface area contributed by atoms with Gasteiger partial charge in [-0.15, -0.1) is 0 Å². The second kappa shape index (κ2) is 7.35. The van der Waals surface area contributed by atoms with Crippen molar-refractivity contribution in [2.75, 3.05) is 31.1 Å². The van der Waals surface area contributed by atoms with Gasteiger partial charge in [-0.05, 0) is 25.5 Å². The molecule has 2 aromatic heterocycles. The number of rotatable bonds is 4. The number of pyridine rings is 1. The standard InChI is InChI=1S/C17H22N6O/c1-13(15-12-19-6-7-20-15)22-8-3-9-23(11-10-22)17-14(16(18)24)4-2-5-21-17/h2,4-7,12-13H,3,8-11H2,1H3,(H2,18,24). The summed E-state index contributed by atoms with van der Waals surface area (Å²) in [5.74, 6) is 0.242. The van der Waals surface area contributed by atoms with E-state index in [9.17, 15) is 4.79 Å². The largest absolute Gasteiger partial charge is 0.365 e. The number of amides is 1. The molecule has 3 heterocycles. The van der Waals surface area contributed by atoms with Crippen molar-refractivity contribution in [1.29, 1.82) is 0 Å². The fourth-order valence-corrected chi connectivity index (χ4v) is 3.09. The molecule has 0 saturated carbocycles. The smallest absolute Gasteiger partial charge is 0.252 e. The summed E-state index contributed by atoms with van der Waals surface area (Å²) in [6.07, 6.45) is 7.92. The van der Waals surface area contributed by atoms with Gasteiger partial charge in [-0.3, -0.25) is 19.7 Å². The van der Waals surface area contributed by atoms with Crippen LogP contribution in [0.3, 0.4) is 0 Å². The minimum Gasteiger partial charge on any atom is -0.365 e. The van der Waals surface area contributed by atoms with E-state index in [0.29, 0.717) is 11.4 Å². The number of carbonyl (C=O) groups is 1. The van der Waals surface area contributed by atoms with Crippen LogP contribution in [0, 0.1) is 0 Å². The van der Waals surface area contributed by atoms with Crippen molar-refractivity contribution in [3.8, 4) is 0 Å². The highest BCUT2D eigenvalue weighted by Crippen LogP contribution is 2.22. The molecule has 1 fully saturated rings. The summed E-state index contributed by atoms with van der Waals surface area (Å²) in [6.45, 7) is 5.62. The van der Waals surface area contributed by atoms with Crippen molar-refractivity contribution in [2.45, 2.75) is 19.4 Å². The summed E-state index contributed by atoms with van der Waals surface area (Å²) >= 11 is 0. The number of hydrogen-bond donors (Lipinski definition) is 1. The van der Waals surface area contributed by atoms with Gasteiger partial charge in [0.05, 0.1) is 17.3 Å². The molecule has 7 heteroatoms. The number of nitrogens with zero attached hydrogens (tertiary/aromatic N) is 5. The average Bonchev–Trinajstić information content (AvgIpc) is 2.88.